The number of pyridine rings is 1. The SMILES string of the molecule is CC(C)Nc1ccnc(NC2=CC=C3C(C2)C(F)(F)C(=O)N3C)c1. The highest BCUT2D eigenvalue weighted by molar-refractivity contribution is 5.89. The van der Waals surface area contributed by atoms with Crippen molar-refractivity contribution in [3.63, 3.8) is 0 Å². The van der Waals surface area contributed by atoms with Crippen molar-refractivity contribution in [2.45, 2.75) is 32.2 Å². The first-order valence-corrected chi connectivity index (χ1v) is 7.85. The van der Waals surface area contributed by atoms with Gasteiger partial charge < -0.3 is 15.5 Å². The number of carbonyl (C=O) groups is 1. The van der Waals surface area contributed by atoms with Crippen molar-refractivity contribution in [3.05, 3.63) is 41.9 Å². The molecule has 24 heavy (non-hydrogen) atoms. The first-order valence-electron chi connectivity index (χ1n) is 7.85. The molecule has 2 aliphatic rings. The number of fused-ring (bicyclic) bond motifs is 1. The average molecular weight is 334 g/mol. The molecule has 1 aromatic rings. The van der Waals surface area contributed by atoms with Gasteiger partial charge in [-0.05, 0) is 32.1 Å². The van der Waals surface area contributed by atoms with E-state index in [1.54, 1.807) is 18.3 Å². The molecular weight excluding hydrogens is 314 g/mol. The van der Waals surface area contributed by atoms with E-state index >= 15 is 0 Å². The molecule has 1 aromatic heterocycles. The van der Waals surface area contributed by atoms with Crippen molar-refractivity contribution in [2.24, 2.45) is 5.92 Å². The topological polar surface area (TPSA) is 57.3 Å². The summed E-state index contributed by atoms with van der Waals surface area (Å²) in [7, 11) is 1.39. The molecule has 1 saturated heterocycles. The van der Waals surface area contributed by atoms with Crippen LogP contribution >= 0.6 is 0 Å². The largest absolute Gasteiger partial charge is 0.383 e. The minimum absolute atomic E-state index is 0.0679. The van der Waals surface area contributed by atoms with E-state index in [4.69, 9.17) is 0 Å². The van der Waals surface area contributed by atoms with Gasteiger partial charge in [-0.3, -0.25) is 4.79 Å². The van der Waals surface area contributed by atoms with E-state index < -0.39 is 17.7 Å². The fraction of sp³-hybridized carbons (Fsp3) is 0.412. The zero-order chi connectivity index (χ0) is 17.5. The molecule has 0 radical (unpaired) electrons. The summed E-state index contributed by atoms with van der Waals surface area (Å²) in [5, 5.41) is 6.34. The second kappa shape index (κ2) is 5.89. The molecule has 1 unspecified atom stereocenters. The molecule has 1 amide bonds. The van der Waals surface area contributed by atoms with Gasteiger partial charge in [0.1, 0.15) is 5.82 Å². The molecule has 128 valence electrons. The Morgan fingerprint density at radius 1 is 1.38 bits per heavy atom. The van der Waals surface area contributed by atoms with Crippen LogP contribution in [-0.2, 0) is 4.79 Å². The Kier molecular flexibility index (Phi) is 4.03. The quantitative estimate of drug-likeness (QED) is 0.888. The lowest BCUT2D eigenvalue weighted by Crippen LogP contribution is -2.34. The zero-order valence-electron chi connectivity index (χ0n) is 13.8. The van der Waals surface area contributed by atoms with Gasteiger partial charge in [-0.25, -0.2) is 4.98 Å². The lowest BCUT2D eigenvalue weighted by atomic mass is 9.92. The molecule has 2 heterocycles. The molecule has 2 N–H and O–H groups in total. The standard InChI is InChI=1S/C17H20F2N4O/c1-10(2)21-12-6-7-20-15(9-12)22-11-4-5-14-13(8-11)17(18,19)16(24)23(14)3/h4-7,9-10,13H,8H2,1-3H3,(H2,20,21,22). The van der Waals surface area contributed by atoms with E-state index in [1.807, 2.05) is 26.0 Å². The number of amides is 1. The summed E-state index contributed by atoms with van der Waals surface area (Å²) in [5.74, 6) is -5.06. The Hall–Kier alpha value is -2.44. The molecule has 0 aromatic carbocycles. The third-order valence-corrected chi connectivity index (χ3v) is 4.15. The van der Waals surface area contributed by atoms with Crippen LogP contribution in [0.3, 0.4) is 0 Å². The highest BCUT2D eigenvalue weighted by atomic mass is 19.3. The van der Waals surface area contributed by atoms with Crippen molar-refractivity contribution in [2.75, 3.05) is 17.7 Å². The third-order valence-electron chi connectivity index (χ3n) is 4.15. The number of hydrogen-bond acceptors (Lipinski definition) is 4. The van der Waals surface area contributed by atoms with Crippen molar-refractivity contribution in [1.29, 1.82) is 0 Å². The summed E-state index contributed by atoms with van der Waals surface area (Å²) >= 11 is 0. The van der Waals surface area contributed by atoms with E-state index in [9.17, 15) is 13.6 Å². The summed E-state index contributed by atoms with van der Waals surface area (Å²) in [6, 6.07) is 3.94. The van der Waals surface area contributed by atoms with Gasteiger partial charge in [0, 0.05) is 48.9 Å². The summed E-state index contributed by atoms with van der Waals surface area (Å²) in [5.41, 5.74) is 1.87. The van der Waals surface area contributed by atoms with Gasteiger partial charge in [0.2, 0.25) is 0 Å². The second-order valence-corrected chi connectivity index (χ2v) is 6.38. The molecule has 0 saturated carbocycles. The number of anilines is 2. The van der Waals surface area contributed by atoms with E-state index in [0.717, 1.165) is 10.6 Å². The molecule has 0 bridgehead atoms. The highest BCUT2D eigenvalue weighted by Crippen LogP contribution is 2.45. The number of nitrogens with one attached hydrogen (secondary N) is 2. The predicted octanol–water partition coefficient (Wildman–Crippen LogP) is 3.21. The van der Waals surface area contributed by atoms with Crippen LogP contribution in [0.5, 0.6) is 0 Å². The van der Waals surface area contributed by atoms with Gasteiger partial charge in [-0.1, -0.05) is 0 Å². The summed E-state index contributed by atoms with van der Waals surface area (Å²) in [6.45, 7) is 4.05. The first-order chi connectivity index (χ1) is 11.3. The lowest BCUT2D eigenvalue weighted by Gasteiger charge is -2.23. The second-order valence-electron chi connectivity index (χ2n) is 6.38. The van der Waals surface area contributed by atoms with E-state index in [1.165, 1.54) is 7.05 Å². The molecule has 1 fully saturated rings. The Bertz CT molecular complexity index is 727. The van der Waals surface area contributed by atoms with Gasteiger partial charge in [-0.15, -0.1) is 0 Å². The van der Waals surface area contributed by atoms with Crippen LogP contribution in [-0.4, -0.2) is 34.8 Å². The monoisotopic (exact) mass is 334 g/mol. The van der Waals surface area contributed by atoms with Crippen molar-refractivity contribution < 1.29 is 13.6 Å². The zero-order valence-corrected chi connectivity index (χ0v) is 13.8. The Morgan fingerprint density at radius 3 is 2.83 bits per heavy atom. The fourth-order valence-electron chi connectivity index (χ4n) is 3.02. The van der Waals surface area contributed by atoms with Crippen LogP contribution in [0.2, 0.25) is 0 Å². The van der Waals surface area contributed by atoms with Crippen LogP contribution in [0.15, 0.2) is 41.9 Å². The van der Waals surface area contributed by atoms with Gasteiger partial charge in [0.05, 0.1) is 5.92 Å². The molecule has 3 rings (SSSR count). The fourth-order valence-corrected chi connectivity index (χ4v) is 3.02. The highest BCUT2D eigenvalue weighted by Gasteiger charge is 2.58. The number of likely N-dealkylation sites (tertiary alicyclic amines) is 1. The molecule has 7 heteroatoms. The van der Waals surface area contributed by atoms with Crippen molar-refractivity contribution in [1.82, 2.24) is 9.88 Å². The maximum Gasteiger partial charge on any atom is 0.333 e. The van der Waals surface area contributed by atoms with Gasteiger partial charge in [0.15, 0.2) is 0 Å². The molecular formula is C17H20F2N4O. The molecule has 0 spiro atoms. The first kappa shape index (κ1) is 16.4. The number of halogens is 2. The number of alkyl halides is 2. The normalized spacial score (nSPS) is 22.2. The van der Waals surface area contributed by atoms with E-state index in [0.29, 0.717) is 17.2 Å². The molecule has 1 aliphatic carbocycles. The van der Waals surface area contributed by atoms with Crippen molar-refractivity contribution in [3.8, 4) is 0 Å². The number of carbonyl (C=O) groups excluding carboxylic acids is 1. The summed E-state index contributed by atoms with van der Waals surface area (Å²) in [6.07, 6.45) is 5.02. The summed E-state index contributed by atoms with van der Waals surface area (Å²) in [4.78, 5) is 16.9. The number of hydrogen-bond donors (Lipinski definition) is 2. The predicted molar refractivity (Wildman–Crippen MR) is 88.6 cm³/mol. The molecule has 1 atom stereocenters. The molecule has 1 aliphatic heterocycles. The van der Waals surface area contributed by atoms with E-state index in [-0.39, 0.29) is 12.5 Å². The summed E-state index contributed by atoms with van der Waals surface area (Å²) < 4.78 is 28.3. The number of rotatable bonds is 4. The van der Waals surface area contributed by atoms with Crippen LogP contribution in [0.4, 0.5) is 20.3 Å². The van der Waals surface area contributed by atoms with Crippen LogP contribution in [0.25, 0.3) is 0 Å². The van der Waals surface area contributed by atoms with Crippen molar-refractivity contribution >= 4 is 17.4 Å². The Morgan fingerprint density at radius 2 is 2.12 bits per heavy atom. The molecule has 5 nitrogen and oxygen atoms in total. The number of nitrogens with zero attached hydrogens (tertiary/aromatic N) is 2. The average Bonchev–Trinajstić information content (AvgIpc) is 2.68. The minimum Gasteiger partial charge on any atom is -0.383 e. The Labute approximate surface area is 139 Å². The maximum atomic E-state index is 14.1. The number of aromatic nitrogens is 1. The van der Waals surface area contributed by atoms with Crippen LogP contribution < -0.4 is 10.6 Å². The van der Waals surface area contributed by atoms with Gasteiger partial charge in [0.25, 0.3) is 5.91 Å². The number of allylic oxidation sites excluding steroid dienone is 4. The maximum absolute atomic E-state index is 14.1. The van der Waals surface area contributed by atoms with Gasteiger partial charge in [-0.2, -0.15) is 8.78 Å². The lowest BCUT2D eigenvalue weighted by molar-refractivity contribution is -0.150. The van der Waals surface area contributed by atoms with Crippen LogP contribution in [0.1, 0.15) is 20.3 Å². The minimum atomic E-state index is -3.36. The van der Waals surface area contributed by atoms with E-state index in [2.05, 4.69) is 15.6 Å². The third kappa shape index (κ3) is 2.86. The van der Waals surface area contributed by atoms with Gasteiger partial charge >= 0.3 is 5.92 Å². The Balaban J connectivity index is 1.78. The van der Waals surface area contributed by atoms with Crippen LogP contribution in [0, 0.1) is 5.92 Å². The smallest absolute Gasteiger partial charge is 0.333 e.